The third kappa shape index (κ3) is 50.6. The van der Waals surface area contributed by atoms with Gasteiger partial charge in [-0.05, 0) is 109 Å². The Balaban J connectivity index is 4.88. The van der Waals surface area contributed by atoms with E-state index in [4.69, 9.17) is 23.3 Å². The summed E-state index contributed by atoms with van der Waals surface area (Å²) in [4.78, 5) is 48.3. The summed E-state index contributed by atoms with van der Waals surface area (Å²) in [6.07, 6.45) is 65.9. The Labute approximate surface area is 436 Å². The minimum absolute atomic E-state index is 0.0650. The van der Waals surface area contributed by atoms with Gasteiger partial charge in [0.1, 0.15) is 12.7 Å². The lowest BCUT2D eigenvalue weighted by Crippen LogP contribution is -2.30. The highest BCUT2D eigenvalue weighted by atomic mass is 31.2. The Morgan fingerprint density at radius 1 is 0.417 bits per heavy atom. The maximum atomic E-state index is 12.9. The Bertz CT molecular complexity index is 1710. The molecule has 0 spiro atoms. The first-order valence-electron chi connectivity index (χ1n) is 27.1. The zero-order valence-corrected chi connectivity index (χ0v) is 45.5. The van der Waals surface area contributed by atoms with Crippen molar-refractivity contribution in [3.8, 4) is 0 Å². The van der Waals surface area contributed by atoms with Crippen LogP contribution in [0.2, 0.25) is 0 Å². The van der Waals surface area contributed by atoms with Gasteiger partial charge in [-0.25, -0.2) is 4.57 Å². The van der Waals surface area contributed by atoms with Crippen LogP contribution in [0, 0.1) is 0 Å². The quantitative estimate of drug-likeness (QED) is 0.0197. The van der Waals surface area contributed by atoms with Crippen LogP contribution in [0.4, 0.5) is 0 Å². The second kappa shape index (κ2) is 52.9. The van der Waals surface area contributed by atoms with Gasteiger partial charge in [0.2, 0.25) is 0 Å². The van der Waals surface area contributed by atoms with Crippen molar-refractivity contribution in [2.45, 2.75) is 200 Å². The highest BCUT2D eigenvalue weighted by Gasteiger charge is 2.28. The Morgan fingerprint density at radius 2 is 0.778 bits per heavy atom. The van der Waals surface area contributed by atoms with E-state index in [1.165, 1.54) is 12.8 Å². The Hall–Kier alpha value is -4.38. The fourth-order valence-electron chi connectivity index (χ4n) is 6.50. The van der Waals surface area contributed by atoms with E-state index in [0.717, 1.165) is 116 Å². The van der Waals surface area contributed by atoms with E-state index >= 15 is 0 Å². The van der Waals surface area contributed by atoms with Crippen LogP contribution in [0.5, 0.6) is 0 Å². The second-order valence-electron chi connectivity index (χ2n) is 17.3. The van der Waals surface area contributed by atoms with Crippen LogP contribution in [0.25, 0.3) is 0 Å². The minimum Gasteiger partial charge on any atom is -0.462 e. The predicted molar refractivity (Wildman–Crippen MR) is 297 cm³/mol. The molecule has 0 heterocycles. The molecule has 0 rings (SSSR count). The van der Waals surface area contributed by atoms with Crippen molar-refractivity contribution in [2.75, 3.05) is 26.4 Å². The van der Waals surface area contributed by atoms with Gasteiger partial charge in [-0.2, -0.15) is 0 Å². The molecule has 2 N–H and O–H groups in total. The fourth-order valence-corrected chi connectivity index (χ4v) is 7.28. The van der Waals surface area contributed by atoms with Crippen LogP contribution in [0.15, 0.2) is 134 Å². The average molecular weight is 1020 g/mol. The van der Waals surface area contributed by atoms with E-state index in [9.17, 15) is 28.9 Å². The van der Waals surface area contributed by atoms with E-state index < -0.39 is 57.8 Å². The summed E-state index contributed by atoms with van der Waals surface area (Å²) in [6, 6.07) is 0. The van der Waals surface area contributed by atoms with Gasteiger partial charge in [0.15, 0.2) is 6.10 Å². The molecule has 0 saturated carbocycles. The molecule has 0 saturated heterocycles. The molecule has 0 aromatic heterocycles. The number of rotatable bonds is 48. The number of aliphatic hydroxyl groups is 1. The molecule has 0 aliphatic carbocycles. The van der Waals surface area contributed by atoms with Gasteiger partial charge in [0.05, 0.1) is 26.2 Å². The van der Waals surface area contributed by atoms with E-state index in [2.05, 4.69) is 130 Å². The summed E-state index contributed by atoms with van der Waals surface area (Å²) >= 11 is 0. The summed E-state index contributed by atoms with van der Waals surface area (Å²) in [7, 11) is -4.79. The lowest BCUT2D eigenvalue weighted by molar-refractivity contribution is -0.161. The maximum Gasteiger partial charge on any atom is 0.472 e. The first kappa shape index (κ1) is 67.6. The van der Waals surface area contributed by atoms with Crippen molar-refractivity contribution in [3.63, 3.8) is 0 Å². The molecule has 3 unspecified atom stereocenters. The molecule has 0 aromatic carbocycles. The number of aliphatic hydroxyl groups excluding tert-OH is 1. The van der Waals surface area contributed by atoms with Crippen LogP contribution in [0.3, 0.4) is 0 Å². The van der Waals surface area contributed by atoms with Crippen molar-refractivity contribution in [2.24, 2.45) is 0 Å². The first-order chi connectivity index (χ1) is 35.2. The van der Waals surface area contributed by atoms with Crippen LogP contribution >= 0.6 is 7.82 Å². The number of esters is 3. The van der Waals surface area contributed by atoms with E-state index in [1.807, 2.05) is 18.2 Å². The smallest absolute Gasteiger partial charge is 0.462 e. The molecule has 0 fully saturated rings. The summed E-state index contributed by atoms with van der Waals surface area (Å²) in [5.74, 6) is -1.67. The van der Waals surface area contributed by atoms with Crippen molar-refractivity contribution >= 4 is 25.7 Å². The third-order valence-electron chi connectivity index (χ3n) is 10.6. The van der Waals surface area contributed by atoms with Crippen LogP contribution in [-0.4, -0.2) is 66.5 Å². The fraction of sp³-hybridized carbons (Fsp3) is 0.583. The largest absolute Gasteiger partial charge is 0.472 e. The van der Waals surface area contributed by atoms with Gasteiger partial charge in [0.25, 0.3) is 0 Å². The van der Waals surface area contributed by atoms with Crippen molar-refractivity contribution in [3.05, 3.63) is 134 Å². The van der Waals surface area contributed by atoms with E-state index in [-0.39, 0.29) is 25.9 Å². The predicted octanol–water partition coefficient (Wildman–Crippen LogP) is 15.8. The number of hydrogen-bond donors (Lipinski definition) is 2. The van der Waals surface area contributed by atoms with Crippen LogP contribution in [-0.2, 0) is 42.2 Å². The number of phosphoric acid groups is 1. The number of phosphoric ester groups is 1. The molecule has 0 aromatic rings. The Morgan fingerprint density at radius 3 is 1.25 bits per heavy atom. The molecule has 3 atom stereocenters. The lowest BCUT2D eigenvalue weighted by atomic mass is 10.1. The van der Waals surface area contributed by atoms with Gasteiger partial charge in [-0.1, -0.05) is 193 Å². The molecule has 0 bridgehead atoms. The normalized spacial score (nSPS) is 14.5. The molecule has 12 heteroatoms. The van der Waals surface area contributed by atoms with Crippen molar-refractivity contribution in [1.29, 1.82) is 0 Å². The molecule has 0 aliphatic heterocycles. The standard InChI is InChI=1S/C60H95O11P/c1-4-7-10-13-16-19-22-24-26-27-28-29-31-33-36-39-42-45-48-51-60(64)71-57(53-67-58(62)49-46-43-40-37-34-21-18-15-12-9-6-3)55-69-72(65,66)68-54-56(52-61)70-59(63)50-47-44-41-38-35-32-30-25-23-20-17-14-11-8-5-2/h7-8,10-11,15-20,24-26,28-30,33,35-36,38,44,47,56-57,61H,4-6,9,12-14,21-23,27,31-32,34,37,39-43,45-46,48-55H2,1-3H3,(H,65,66)/b10-7-,11-8-,18-15-,19-16-,20-17-,26-24-,29-28-,30-25-,36-33-,38-35-,47-44-. The molecule has 11 nitrogen and oxygen atoms in total. The van der Waals surface area contributed by atoms with Gasteiger partial charge in [-0.15, -0.1) is 0 Å². The average Bonchev–Trinajstić information content (AvgIpc) is 3.37. The van der Waals surface area contributed by atoms with E-state index in [0.29, 0.717) is 19.3 Å². The number of carbonyl (C=O) groups excluding carboxylic acids is 3. The highest BCUT2D eigenvalue weighted by Crippen LogP contribution is 2.43. The molecule has 0 amide bonds. The topological polar surface area (TPSA) is 155 Å². The number of ether oxygens (including phenoxy) is 3. The van der Waals surface area contributed by atoms with E-state index in [1.54, 1.807) is 6.08 Å². The SMILES string of the molecule is CC/C=C\C/C=C\C/C=C\C/C=C\C/C=C\CCCCCC(=O)OC(COC(=O)CCCCCCC/C=C\CCCC)COP(=O)(O)OCC(CO)OC(=O)C/C=C\C/C=C\C/C=C\C/C=C\C/C=C\CC. The van der Waals surface area contributed by atoms with Crippen LogP contribution in [0.1, 0.15) is 188 Å². The molecular formula is C60H95O11P. The highest BCUT2D eigenvalue weighted by molar-refractivity contribution is 7.47. The molecular weight excluding hydrogens is 928 g/mol. The summed E-state index contributed by atoms with van der Waals surface area (Å²) < 4.78 is 39.2. The number of hydrogen-bond acceptors (Lipinski definition) is 10. The van der Waals surface area contributed by atoms with Gasteiger partial charge in [0, 0.05) is 12.8 Å². The zero-order valence-electron chi connectivity index (χ0n) is 44.6. The number of allylic oxidation sites excluding steroid dienone is 21. The summed E-state index contributed by atoms with van der Waals surface area (Å²) in [6.45, 7) is 4.18. The zero-order chi connectivity index (χ0) is 52.7. The minimum atomic E-state index is -4.79. The third-order valence-corrected chi connectivity index (χ3v) is 11.5. The molecule has 406 valence electrons. The second-order valence-corrected chi connectivity index (χ2v) is 18.7. The Kier molecular flexibility index (Phi) is 49.7. The van der Waals surface area contributed by atoms with Gasteiger partial charge < -0.3 is 24.2 Å². The molecule has 0 aliphatic rings. The van der Waals surface area contributed by atoms with Gasteiger partial charge in [-0.3, -0.25) is 23.4 Å². The molecule has 0 radical (unpaired) electrons. The monoisotopic (exact) mass is 1020 g/mol. The van der Waals surface area contributed by atoms with Gasteiger partial charge >= 0.3 is 25.7 Å². The lowest BCUT2D eigenvalue weighted by Gasteiger charge is -2.21. The van der Waals surface area contributed by atoms with Crippen molar-refractivity contribution in [1.82, 2.24) is 0 Å². The van der Waals surface area contributed by atoms with Crippen molar-refractivity contribution < 1.29 is 52.2 Å². The maximum absolute atomic E-state index is 12.9. The molecule has 72 heavy (non-hydrogen) atoms. The summed E-state index contributed by atoms with van der Waals surface area (Å²) in [5.41, 5.74) is 0. The summed E-state index contributed by atoms with van der Waals surface area (Å²) in [5, 5.41) is 9.77. The first-order valence-corrected chi connectivity index (χ1v) is 28.6. The van der Waals surface area contributed by atoms with Crippen LogP contribution < -0.4 is 0 Å². The number of unbranched alkanes of at least 4 members (excludes halogenated alkanes) is 10. The number of carbonyl (C=O) groups is 3.